The molecular weight excluding hydrogens is 354 g/mol. The van der Waals surface area contributed by atoms with Crippen molar-refractivity contribution in [2.24, 2.45) is 4.99 Å². The summed E-state index contributed by atoms with van der Waals surface area (Å²) in [6.45, 7) is 4.61. The Hall–Kier alpha value is -2.28. The highest BCUT2D eigenvalue weighted by Crippen LogP contribution is 2.16. The van der Waals surface area contributed by atoms with Crippen LogP contribution in [0.15, 0.2) is 29.3 Å². The molecule has 2 aliphatic heterocycles. The molecule has 1 amide bonds. The number of nitrogens with one attached hydrogen (secondary N) is 1. The van der Waals surface area contributed by atoms with Gasteiger partial charge in [-0.1, -0.05) is 12.1 Å². The lowest BCUT2D eigenvalue weighted by Gasteiger charge is -2.37. The van der Waals surface area contributed by atoms with Gasteiger partial charge in [0, 0.05) is 66.2 Å². The molecular formula is C21H33N5O2. The summed E-state index contributed by atoms with van der Waals surface area (Å²) in [5.74, 6) is 1.07. The fourth-order valence-corrected chi connectivity index (χ4v) is 3.73. The summed E-state index contributed by atoms with van der Waals surface area (Å²) < 4.78 is 5.54. The minimum absolute atomic E-state index is 0.154. The van der Waals surface area contributed by atoms with Crippen LogP contribution in [0.25, 0.3) is 0 Å². The van der Waals surface area contributed by atoms with Gasteiger partial charge in [0.1, 0.15) is 6.10 Å². The lowest BCUT2D eigenvalue weighted by atomic mass is 10.1. The molecule has 2 aliphatic rings. The fraction of sp³-hybridized carbons (Fsp3) is 0.619. The molecule has 28 heavy (non-hydrogen) atoms. The quantitative estimate of drug-likeness (QED) is 0.608. The smallest absolute Gasteiger partial charge is 0.251 e. The number of guanidine groups is 1. The standard InChI is InChI=1S/C21H33N5O2/c1-22-21(23-11-10-17-6-8-18(9-7-17)24(2)3)26-14-12-25(13-15-26)20(27)19-5-4-16-28-19/h6-9,19H,4-5,10-16H2,1-3H3,(H,22,23). The number of benzene rings is 1. The summed E-state index contributed by atoms with van der Waals surface area (Å²) in [7, 11) is 5.92. The van der Waals surface area contributed by atoms with Crippen molar-refractivity contribution in [3.63, 3.8) is 0 Å². The first-order chi connectivity index (χ1) is 13.6. The van der Waals surface area contributed by atoms with Crippen LogP contribution in [-0.2, 0) is 16.0 Å². The third kappa shape index (κ3) is 5.16. The van der Waals surface area contributed by atoms with Crippen LogP contribution in [0.3, 0.4) is 0 Å². The number of ether oxygens (including phenoxy) is 1. The van der Waals surface area contributed by atoms with Crippen LogP contribution in [-0.4, -0.2) is 88.2 Å². The first-order valence-electron chi connectivity index (χ1n) is 10.2. The number of aliphatic imine (C=N–C) groups is 1. The van der Waals surface area contributed by atoms with Crippen molar-refractivity contribution in [3.05, 3.63) is 29.8 Å². The van der Waals surface area contributed by atoms with E-state index in [1.165, 1.54) is 11.3 Å². The maximum Gasteiger partial charge on any atom is 0.251 e. The predicted octanol–water partition coefficient (Wildman–Crippen LogP) is 1.19. The zero-order chi connectivity index (χ0) is 19.9. The van der Waals surface area contributed by atoms with Gasteiger partial charge >= 0.3 is 0 Å². The Balaban J connectivity index is 1.42. The number of anilines is 1. The zero-order valence-corrected chi connectivity index (χ0v) is 17.4. The number of carbonyl (C=O) groups is 1. The van der Waals surface area contributed by atoms with E-state index in [0.717, 1.165) is 57.9 Å². The Morgan fingerprint density at radius 1 is 1.18 bits per heavy atom. The molecule has 0 bridgehead atoms. The third-order valence-corrected chi connectivity index (χ3v) is 5.46. The van der Waals surface area contributed by atoms with Crippen LogP contribution in [0, 0.1) is 0 Å². The van der Waals surface area contributed by atoms with Crippen LogP contribution in [0.2, 0.25) is 0 Å². The van der Waals surface area contributed by atoms with Crippen LogP contribution in [0.1, 0.15) is 18.4 Å². The number of rotatable bonds is 5. The van der Waals surface area contributed by atoms with Gasteiger partial charge in [-0.05, 0) is 37.0 Å². The van der Waals surface area contributed by atoms with Crippen molar-refractivity contribution in [1.29, 1.82) is 0 Å². The number of amides is 1. The molecule has 2 heterocycles. The molecule has 0 aliphatic carbocycles. The van der Waals surface area contributed by atoms with Crippen molar-refractivity contribution in [1.82, 2.24) is 15.1 Å². The lowest BCUT2D eigenvalue weighted by molar-refractivity contribution is -0.142. The van der Waals surface area contributed by atoms with Crippen LogP contribution < -0.4 is 10.2 Å². The van der Waals surface area contributed by atoms with E-state index in [1.54, 1.807) is 0 Å². The topological polar surface area (TPSA) is 60.4 Å². The lowest BCUT2D eigenvalue weighted by Crippen LogP contribution is -2.55. The minimum Gasteiger partial charge on any atom is -0.378 e. The van der Waals surface area contributed by atoms with Gasteiger partial charge in [-0.25, -0.2) is 0 Å². The van der Waals surface area contributed by atoms with E-state index >= 15 is 0 Å². The molecule has 0 spiro atoms. The van der Waals surface area contributed by atoms with Crippen molar-refractivity contribution in [2.75, 3.05) is 65.4 Å². The molecule has 2 fully saturated rings. The number of hydrogen-bond donors (Lipinski definition) is 1. The van der Waals surface area contributed by atoms with Gasteiger partial charge in [0.15, 0.2) is 5.96 Å². The summed E-state index contributed by atoms with van der Waals surface area (Å²) in [5, 5.41) is 3.46. The highest BCUT2D eigenvalue weighted by molar-refractivity contribution is 5.82. The molecule has 0 aromatic heterocycles. The van der Waals surface area contributed by atoms with Gasteiger partial charge in [-0.15, -0.1) is 0 Å². The van der Waals surface area contributed by atoms with E-state index < -0.39 is 0 Å². The van der Waals surface area contributed by atoms with E-state index in [4.69, 9.17) is 4.74 Å². The normalized spacial score (nSPS) is 20.4. The molecule has 1 atom stereocenters. The number of carbonyl (C=O) groups excluding carboxylic acids is 1. The second-order valence-corrected chi connectivity index (χ2v) is 7.60. The Morgan fingerprint density at radius 2 is 1.86 bits per heavy atom. The average Bonchev–Trinajstić information content (AvgIpc) is 3.26. The van der Waals surface area contributed by atoms with Gasteiger partial charge in [0.05, 0.1) is 0 Å². The molecule has 7 heteroatoms. The van der Waals surface area contributed by atoms with Crippen LogP contribution in [0.4, 0.5) is 5.69 Å². The maximum atomic E-state index is 12.5. The minimum atomic E-state index is -0.220. The van der Waals surface area contributed by atoms with E-state index in [9.17, 15) is 4.79 Å². The molecule has 1 aromatic carbocycles. The molecule has 0 saturated carbocycles. The molecule has 3 rings (SSSR count). The number of nitrogens with zero attached hydrogens (tertiary/aromatic N) is 4. The monoisotopic (exact) mass is 387 g/mol. The Labute approximate surface area is 168 Å². The summed E-state index contributed by atoms with van der Waals surface area (Å²) in [6.07, 6.45) is 2.58. The fourth-order valence-electron chi connectivity index (χ4n) is 3.73. The molecule has 154 valence electrons. The summed E-state index contributed by atoms with van der Waals surface area (Å²) >= 11 is 0. The van der Waals surface area contributed by atoms with Gasteiger partial charge in [-0.2, -0.15) is 0 Å². The van der Waals surface area contributed by atoms with Gasteiger partial charge in [0.2, 0.25) is 0 Å². The Morgan fingerprint density at radius 3 is 2.43 bits per heavy atom. The van der Waals surface area contributed by atoms with Gasteiger partial charge < -0.3 is 24.8 Å². The summed E-state index contributed by atoms with van der Waals surface area (Å²) in [4.78, 5) is 23.2. The SMILES string of the molecule is CN=C(NCCc1ccc(N(C)C)cc1)N1CCN(C(=O)C2CCCO2)CC1. The summed E-state index contributed by atoms with van der Waals surface area (Å²) in [6, 6.07) is 8.65. The second-order valence-electron chi connectivity index (χ2n) is 7.60. The van der Waals surface area contributed by atoms with Crippen molar-refractivity contribution < 1.29 is 9.53 Å². The molecule has 1 aromatic rings. The van der Waals surface area contributed by atoms with Gasteiger partial charge in [0.25, 0.3) is 5.91 Å². The average molecular weight is 388 g/mol. The van der Waals surface area contributed by atoms with Gasteiger partial charge in [-0.3, -0.25) is 9.79 Å². The largest absolute Gasteiger partial charge is 0.378 e. The third-order valence-electron chi connectivity index (χ3n) is 5.46. The molecule has 2 saturated heterocycles. The van der Waals surface area contributed by atoms with E-state index in [0.29, 0.717) is 6.61 Å². The molecule has 7 nitrogen and oxygen atoms in total. The molecule has 1 N–H and O–H groups in total. The van der Waals surface area contributed by atoms with Crippen molar-refractivity contribution in [3.8, 4) is 0 Å². The van der Waals surface area contributed by atoms with E-state index in [1.807, 2.05) is 11.9 Å². The first kappa shape index (κ1) is 20.5. The molecule has 0 radical (unpaired) electrons. The molecule has 1 unspecified atom stereocenters. The Bertz CT molecular complexity index is 660. The van der Waals surface area contributed by atoms with Crippen LogP contribution >= 0.6 is 0 Å². The Kier molecular flexibility index (Phi) is 7.14. The predicted molar refractivity (Wildman–Crippen MR) is 113 cm³/mol. The maximum absolute atomic E-state index is 12.5. The number of piperazine rings is 1. The van der Waals surface area contributed by atoms with Crippen molar-refractivity contribution >= 4 is 17.6 Å². The second kappa shape index (κ2) is 9.78. The van der Waals surface area contributed by atoms with Crippen molar-refractivity contribution in [2.45, 2.75) is 25.4 Å². The highest BCUT2D eigenvalue weighted by atomic mass is 16.5. The first-order valence-corrected chi connectivity index (χ1v) is 10.2. The van der Waals surface area contributed by atoms with E-state index in [-0.39, 0.29) is 12.0 Å². The van der Waals surface area contributed by atoms with Crippen LogP contribution in [0.5, 0.6) is 0 Å². The summed E-state index contributed by atoms with van der Waals surface area (Å²) in [5.41, 5.74) is 2.52. The highest BCUT2D eigenvalue weighted by Gasteiger charge is 2.30. The zero-order valence-electron chi connectivity index (χ0n) is 17.4. The van der Waals surface area contributed by atoms with E-state index in [2.05, 4.69) is 58.5 Å². The number of hydrogen-bond acceptors (Lipinski definition) is 4.